The summed E-state index contributed by atoms with van der Waals surface area (Å²) in [6, 6.07) is 5.95. The maximum atomic E-state index is 5.90. The molecule has 1 aromatic rings. The van der Waals surface area contributed by atoms with Crippen LogP contribution in [0.1, 0.15) is 12.0 Å². The van der Waals surface area contributed by atoms with Gasteiger partial charge in [0, 0.05) is 16.0 Å². The molecule has 0 spiro atoms. The second kappa shape index (κ2) is 7.28. The number of benzene rings is 1. The third kappa shape index (κ3) is 4.83. The summed E-state index contributed by atoms with van der Waals surface area (Å²) in [7, 11) is 4.12. The van der Waals surface area contributed by atoms with Crippen molar-refractivity contribution in [3.8, 4) is 0 Å². The number of halogens is 2. The highest BCUT2D eigenvalue weighted by atomic mass is 79.9. The van der Waals surface area contributed by atoms with Crippen LogP contribution in [0.25, 0.3) is 0 Å². The number of nitrogens with one attached hydrogen (secondary N) is 1. The van der Waals surface area contributed by atoms with Gasteiger partial charge in [0.1, 0.15) is 0 Å². The van der Waals surface area contributed by atoms with Crippen molar-refractivity contribution in [1.82, 2.24) is 10.2 Å². The van der Waals surface area contributed by atoms with E-state index in [9.17, 15) is 0 Å². The molecule has 1 N–H and O–H groups in total. The Labute approximate surface area is 111 Å². The summed E-state index contributed by atoms with van der Waals surface area (Å²) in [5.41, 5.74) is 1.27. The molecule has 0 amide bonds. The molecule has 0 fully saturated rings. The van der Waals surface area contributed by atoms with E-state index in [1.54, 1.807) is 0 Å². The van der Waals surface area contributed by atoms with Crippen molar-refractivity contribution in [3.63, 3.8) is 0 Å². The Morgan fingerprint density at radius 2 is 2.19 bits per heavy atom. The molecule has 90 valence electrons. The van der Waals surface area contributed by atoms with Gasteiger partial charge < -0.3 is 10.2 Å². The van der Waals surface area contributed by atoms with Crippen molar-refractivity contribution >= 4 is 27.5 Å². The summed E-state index contributed by atoms with van der Waals surface area (Å²) in [6.45, 7) is 3.10. The lowest BCUT2D eigenvalue weighted by atomic mass is 10.2. The molecule has 2 nitrogen and oxygen atoms in total. The maximum Gasteiger partial charge on any atom is 0.0417 e. The number of hydrogen-bond acceptors (Lipinski definition) is 2. The molecule has 0 radical (unpaired) electrons. The summed E-state index contributed by atoms with van der Waals surface area (Å²) in [5.74, 6) is 0. The van der Waals surface area contributed by atoms with Crippen molar-refractivity contribution < 1.29 is 0 Å². The van der Waals surface area contributed by atoms with Crippen LogP contribution >= 0.6 is 27.5 Å². The van der Waals surface area contributed by atoms with Crippen molar-refractivity contribution in [3.05, 3.63) is 33.3 Å². The molecule has 0 aliphatic carbocycles. The van der Waals surface area contributed by atoms with Gasteiger partial charge in [-0.1, -0.05) is 33.6 Å². The molecular formula is C12H18BrClN2. The Kier molecular flexibility index (Phi) is 6.36. The monoisotopic (exact) mass is 304 g/mol. The van der Waals surface area contributed by atoms with Crippen molar-refractivity contribution in [2.75, 3.05) is 27.2 Å². The SMILES string of the molecule is CNCCCN(C)Cc1ccc(Cl)cc1Br. The molecule has 1 aromatic carbocycles. The second-order valence-corrected chi connectivity index (χ2v) is 5.22. The summed E-state index contributed by atoms with van der Waals surface area (Å²) in [5, 5.41) is 3.92. The molecule has 16 heavy (non-hydrogen) atoms. The Balaban J connectivity index is 2.46. The van der Waals surface area contributed by atoms with Crippen LogP contribution in [0.5, 0.6) is 0 Å². The molecular weight excluding hydrogens is 288 g/mol. The largest absolute Gasteiger partial charge is 0.320 e. The van der Waals surface area contributed by atoms with E-state index in [0.717, 1.165) is 35.6 Å². The van der Waals surface area contributed by atoms with Crippen molar-refractivity contribution in [1.29, 1.82) is 0 Å². The van der Waals surface area contributed by atoms with Crippen LogP contribution in [0, 0.1) is 0 Å². The first-order valence-corrected chi connectivity index (χ1v) is 6.57. The van der Waals surface area contributed by atoms with Gasteiger partial charge in [-0.2, -0.15) is 0 Å². The molecule has 0 heterocycles. The maximum absolute atomic E-state index is 5.90. The predicted octanol–water partition coefficient (Wildman–Crippen LogP) is 3.14. The van der Waals surface area contributed by atoms with E-state index in [2.05, 4.69) is 39.3 Å². The van der Waals surface area contributed by atoms with Crippen LogP contribution < -0.4 is 5.32 Å². The summed E-state index contributed by atoms with van der Waals surface area (Å²) < 4.78 is 1.08. The topological polar surface area (TPSA) is 15.3 Å². The van der Waals surface area contributed by atoms with Crippen molar-refractivity contribution in [2.45, 2.75) is 13.0 Å². The lowest BCUT2D eigenvalue weighted by Gasteiger charge is -2.17. The zero-order valence-electron chi connectivity index (χ0n) is 9.76. The normalized spacial score (nSPS) is 11.1. The van der Waals surface area contributed by atoms with Crippen LogP contribution in [0.3, 0.4) is 0 Å². The van der Waals surface area contributed by atoms with Gasteiger partial charge in [0.05, 0.1) is 0 Å². The van der Waals surface area contributed by atoms with Gasteiger partial charge in [0.25, 0.3) is 0 Å². The fraction of sp³-hybridized carbons (Fsp3) is 0.500. The first kappa shape index (κ1) is 14.0. The standard InChI is InChI=1S/C12H18BrClN2/c1-15-6-3-7-16(2)9-10-4-5-11(14)8-12(10)13/h4-5,8,15H,3,6-7,9H2,1-2H3. The molecule has 0 saturated carbocycles. The Hall–Kier alpha value is -0.0900. The highest BCUT2D eigenvalue weighted by molar-refractivity contribution is 9.10. The number of nitrogens with zero attached hydrogens (tertiary/aromatic N) is 1. The van der Waals surface area contributed by atoms with Gasteiger partial charge >= 0.3 is 0 Å². The first-order chi connectivity index (χ1) is 7.63. The van der Waals surface area contributed by atoms with E-state index >= 15 is 0 Å². The molecule has 0 bridgehead atoms. The minimum atomic E-state index is 0.772. The third-order valence-electron chi connectivity index (χ3n) is 2.42. The van der Waals surface area contributed by atoms with Gasteiger partial charge in [0.15, 0.2) is 0 Å². The zero-order valence-corrected chi connectivity index (χ0v) is 12.1. The summed E-state index contributed by atoms with van der Waals surface area (Å²) in [4.78, 5) is 2.31. The highest BCUT2D eigenvalue weighted by Gasteiger charge is 2.04. The Bertz CT molecular complexity index is 331. The van der Waals surface area contributed by atoms with Crippen LogP contribution in [-0.4, -0.2) is 32.1 Å². The lowest BCUT2D eigenvalue weighted by Crippen LogP contribution is -2.22. The highest BCUT2D eigenvalue weighted by Crippen LogP contribution is 2.22. The third-order valence-corrected chi connectivity index (χ3v) is 3.40. The predicted molar refractivity (Wildman–Crippen MR) is 74.0 cm³/mol. The summed E-state index contributed by atoms with van der Waals surface area (Å²) in [6.07, 6.45) is 1.16. The van der Waals surface area contributed by atoms with E-state index in [1.807, 2.05) is 19.2 Å². The fourth-order valence-electron chi connectivity index (χ4n) is 1.55. The molecule has 0 unspecified atom stereocenters. The first-order valence-electron chi connectivity index (χ1n) is 5.40. The molecule has 0 aromatic heterocycles. The smallest absolute Gasteiger partial charge is 0.0417 e. The van der Waals surface area contributed by atoms with Gasteiger partial charge in [-0.15, -0.1) is 0 Å². The van der Waals surface area contributed by atoms with Gasteiger partial charge in [0.2, 0.25) is 0 Å². The molecule has 4 heteroatoms. The van der Waals surface area contributed by atoms with Gasteiger partial charge in [-0.3, -0.25) is 0 Å². The van der Waals surface area contributed by atoms with Crippen molar-refractivity contribution in [2.24, 2.45) is 0 Å². The minimum absolute atomic E-state index is 0.772. The van der Waals surface area contributed by atoms with Crippen LogP contribution in [0.15, 0.2) is 22.7 Å². The minimum Gasteiger partial charge on any atom is -0.320 e. The Morgan fingerprint density at radius 1 is 1.44 bits per heavy atom. The molecule has 0 saturated heterocycles. The average Bonchev–Trinajstić information content (AvgIpc) is 2.23. The number of hydrogen-bond donors (Lipinski definition) is 1. The quantitative estimate of drug-likeness (QED) is 0.812. The van der Waals surface area contributed by atoms with Crippen LogP contribution in [0.4, 0.5) is 0 Å². The molecule has 0 aliphatic rings. The lowest BCUT2D eigenvalue weighted by molar-refractivity contribution is 0.320. The molecule has 0 atom stereocenters. The fourth-order valence-corrected chi connectivity index (χ4v) is 2.35. The Morgan fingerprint density at radius 3 is 2.81 bits per heavy atom. The van der Waals surface area contributed by atoms with E-state index in [1.165, 1.54) is 5.56 Å². The summed E-state index contributed by atoms with van der Waals surface area (Å²) >= 11 is 9.44. The van der Waals surface area contributed by atoms with Crippen LogP contribution in [-0.2, 0) is 6.54 Å². The average molecular weight is 306 g/mol. The zero-order chi connectivity index (χ0) is 12.0. The van der Waals surface area contributed by atoms with E-state index in [4.69, 9.17) is 11.6 Å². The molecule has 1 rings (SSSR count). The van der Waals surface area contributed by atoms with Gasteiger partial charge in [-0.25, -0.2) is 0 Å². The second-order valence-electron chi connectivity index (χ2n) is 3.93. The van der Waals surface area contributed by atoms with E-state index in [0.29, 0.717) is 0 Å². The number of rotatable bonds is 6. The van der Waals surface area contributed by atoms with Crippen LogP contribution in [0.2, 0.25) is 5.02 Å². The van der Waals surface area contributed by atoms with E-state index in [-0.39, 0.29) is 0 Å². The molecule has 0 aliphatic heterocycles. The van der Waals surface area contributed by atoms with E-state index < -0.39 is 0 Å². The van der Waals surface area contributed by atoms with Gasteiger partial charge in [-0.05, 0) is 51.3 Å².